The predicted octanol–water partition coefficient (Wildman–Crippen LogP) is 2.03. The van der Waals surface area contributed by atoms with Crippen LogP contribution in [-0.2, 0) is 9.59 Å². The van der Waals surface area contributed by atoms with Crippen molar-refractivity contribution in [1.29, 1.82) is 0 Å². The number of hydrogen-bond donors (Lipinski definition) is 2. The van der Waals surface area contributed by atoms with E-state index < -0.39 is 23.7 Å². The molecule has 1 amide bonds. The molecule has 5 heteroatoms. The molecule has 0 aromatic heterocycles. The van der Waals surface area contributed by atoms with Gasteiger partial charge in [-0.3, -0.25) is 4.79 Å². The van der Waals surface area contributed by atoms with Gasteiger partial charge in [0.1, 0.15) is 5.82 Å². The zero-order chi connectivity index (χ0) is 13.5. The number of carboxylic acid groups (broad SMARTS) is 1. The first-order valence-electron chi connectivity index (χ1n) is 5.43. The van der Waals surface area contributed by atoms with Gasteiger partial charge >= 0.3 is 5.97 Å². The topological polar surface area (TPSA) is 66.4 Å². The molecule has 2 N–H and O–H groups in total. The van der Waals surface area contributed by atoms with E-state index in [1.807, 2.05) is 0 Å². The molecule has 0 aliphatic heterocycles. The van der Waals surface area contributed by atoms with E-state index in [9.17, 15) is 14.0 Å². The number of carbonyl (C=O) groups excluding carboxylic acids is 1. The highest BCUT2D eigenvalue weighted by atomic mass is 19.1. The highest BCUT2D eigenvalue weighted by Crippen LogP contribution is 2.17. The molecule has 96 valence electrons. The highest BCUT2D eigenvalue weighted by molar-refractivity contribution is 5.84. The van der Waals surface area contributed by atoms with Crippen LogP contribution >= 0.6 is 0 Å². The third kappa shape index (κ3) is 3.69. The fourth-order valence-corrected chi connectivity index (χ4v) is 1.45. The molecule has 0 aliphatic rings. The van der Waals surface area contributed by atoms with Gasteiger partial charge in [0.15, 0.2) is 6.04 Å². The fraction of sp³-hybridized carbons (Fsp3) is 0.231. The fourth-order valence-electron chi connectivity index (χ4n) is 1.45. The Morgan fingerprint density at radius 1 is 1.44 bits per heavy atom. The number of nitrogens with one attached hydrogen (secondary N) is 1. The molecule has 18 heavy (non-hydrogen) atoms. The van der Waals surface area contributed by atoms with Gasteiger partial charge in [-0.25, -0.2) is 9.18 Å². The van der Waals surface area contributed by atoms with Gasteiger partial charge in [0.05, 0.1) is 0 Å². The summed E-state index contributed by atoms with van der Waals surface area (Å²) >= 11 is 0. The third-order valence-corrected chi connectivity index (χ3v) is 2.34. The molecule has 0 radical (unpaired) electrons. The number of rotatable bonds is 6. The zero-order valence-corrected chi connectivity index (χ0v) is 9.73. The lowest BCUT2D eigenvalue weighted by atomic mass is 10.1. The molecule has 0 fully saturated rings. The number of amides is 1. The third-order valence-electron chi connectivity index (χ3n) is 2.34. The number of benzene rings is 1. The summed E-state index contributed by atoms with van der Waals surface area (Å²) in [7, 11) is 0. The minimum atomic E-state index is -1.37. The number of allylic oxidation sites excluding steroid dienone is 1. The molecule has 0 heterocycles. The normalized spacial score (nSPS) is 11.6. The van der Waals surface area contributed by atoms with Crippen LogP contribution in [0.2, 0.25) is 0 Å². The van der Waals surface area contributed by atoms with Crippen molar-refractivity contribution < 1.29 is 19.1 Å². The van der Waals surface area contributed by atoms with Gasteiger partial charge in [-0.2, -0.15) is 0 Å². The van der Waals surface area contributed by atoms with Crippen molar-refractivity contribution in [2.45, 2.75) is 18.9 Å². The average molecular weight is 251 g/mol. The van der Waals surface area contributed by atoms with Gasteiger partial charge in [0.25, 0.3) is 0 Å². The lowest BCUT2D eigenvalue weighted by molar-refractivity contribution is -0.142. The van der Waals surface area contributed by atoms with E-state index in [-0.39, 0.29) is 12.0 Å². The Hall–Kier alpha value is -2.17. The zero-order valence-electron chi connectivity index (χ0n) is 9.73. The van der Waals surface area contributed by atoms with Gasteiger partial charge < -0.3 is 10.4 Å². The van der Waals surface area contributed by atoms with Gasteiger partial charge in [0, 0.05) is 12.0 Å². The summed E-state index contributed by atoms with van der Waals surface area (Å²) in [5.74, 6) is -2.41. The van der Waals surface area contributed by atoms with E-state index in [2.05, 4.69) is 11.9 Å². The highest BCUT2D eigenvalue weighted by Gasteiger charge is 2.24. The molecule has 0 saturated heterocycles. The summed E-state index contributed by atoms with van der Waals surface area (Å²) < 4.78 is 13.5. The van der Waals surface area contributed by atoms with Crippen molar-refractivity contribution >= 4 is 11.9 Å². The number of carboxylic acids is 1. The Morgan fingerprint density at radius 3 is 2.67 bits per heavy atom. The van der Waals surface area contributed by atoms with E-state index in [0.29, 0.717) is 6.42 Å². The second-order valence-corrected chi connectivity index (χ2v) is 3.69. The van der Waals surface area contributed by atoms with Gasteiger partial charge in [-0.05, 0) is 12.5 Å². The molecule has 1 rings (SSSR count). The average Bonchev–Trinajstić information content (AvgIpc) is 2.34. The minimum absolute atomic E-state index is 0.0584. The molecule has 1 atom stereocenters. The van der Waals surface area contributed by atoms with Crippen LogP contribution < -0.4 is 5.32 Å². The Balaban J connectivity index is 2.84. The first-order valence-corrected chi connectivity index (χ1v) is 5.43. The second-order valence-electron chi connectivity index (χ2n) is 3.69. The smallest absolute Gasteiger partial charge is 0.331 e. The van der Waals surface area contributed by atoms with E-state index >= 15 is 0 Å². The monoisotopic (exact) mass is 251 g/mol. The van der Waals surface area contributed by atoms with E-state index in [1.165, 1.54) is 18.2 Å². The Morgan fingerprint density at radius 2 is 2.11 bits per heavy atom. The molecule has 0 bridgehead atoms. The maximum atomic E-state index is 13.5. The Labute approximate surface area is 104 Å². The molecular formula is C13H14FNO3. The lowest BCUT2D eigenvalue weighted by Crippen LogP contribution is -2.34. The molecule has 4 nitrogen and oxygen atoms in total. The number of carbonyl (C=O) groups is 2. The predicted molar refractivity (Wildman–Crippen MR) is 64.4 cm³/mol. The summed E-state index contributed by atoms with van der Waals surface area (Å²) in [6.45, 7) is 3.46. The Bertz CT molecular complexity index is 459. The van der Waals surface area contributed by atoms with Gasteiger partial charge in [-0.15, -0.1) is 6.58 Å². The van der Waals surface area contributed by atoms with Crippen LogP contribution in [-0.4, -0.2) is 17.0 Å². The van der Waals surface area contributed by atoms with Gasteiger partial charge in [-0.1, -0.05) is 24.3 Å². The molecule has 0 spiro atoms. The maximum Gasteiger partial charge on any atom is 0.331 e. The molecule has 0 saturated carbocycles. The molecule has 1 aromatic carbocycles. The SMILES string of the molecule is C=CCCC(=O)NC(C(=O)O)c1ccccc1F. The van der Waals surface area contributed by atoms with E-state index in [4.69, 9.17) is 5.11 Å². The molecule has 1 unspecified atom stereocenters. The number of aliphatic carboxylic acids is 1. The van der Waals surface area contributed by atoms with Crippen LogP contribution in [0.25, 0.3) is 0 Å². The van der Waals surface area contributed by atoms with Gasteiger partial charge in [0.2, 0.25) is 5.91 Å². The summed E-state index contributed by atoms with van der Waals surface area (Å²) in [4.78, 5) is 22.5. The first kappa shape index (κ1) is 13.9. The summed E-state index contributed by atoms with van der Waals surface area (Å²) in [5, 5.41) is 11.3. The van der Waals surface area contributed by atoms with Crippen LogP contribution in [0, 0.1) is 5.82 Å². The summed E-state index contributed by atoms with van der Waals surface area (Å²) in [6.07, 6.45) is 2.12. The maximum absolute atomic E-state index is 13.5. The van der Waals surface area contributed by atoms with E-state index in [1.54, 1.807) is 6.08 Å². The Kier molecular flexibility index (Phi) is 5.05. The largest absolute Gasteiger partial charge is 0.479 e. The van der Waals surface area contributed by atoms with Crippen molar-refractivity contribution in [3.8, 4) is 0 Å². The van der Waals surface area contributed by atoms with Crippen LogP contribution in [0.4, 0.5) is 4.39 Å². The number of halogens is 1. The lowest BCUT2D eigenvalue weighted by Gasteiger charge is -2.15. The molecule has 0 aliphatic carbocycles. The van der Waals surface area contributed by atoms with Crippen molar-refractivity contribution in [3.63, 3.8) is 0 Å². The standard InChI is InChI=1S/C13H14FNO3/c1-2-3-8-11(16)15-12(13(17)18)9-6-4-5-7-10(9)14/h2,4-7,12H,1,3,8H2,(H,15,16)(H,17,18). The van der Waals surface area contributed by atoms with Crippen molar-refractivity contribution in [3.05, 3.63) is 48.3 Å². The van der Waals surface area contributed by atoms with E-state index in [0.717, 1.165) is 6.07 Å². The second kappa shape index (κ2) is 6.54. The van der Waals surface area contributed by atoms with Crippen LogP contribution in [0.15, 0.2) is 36.9 Å². The summed E-state index contributed by atoms with van der Waals surface area (Å²) in [5.41, 5.74) is -0.0584. The first-order chi connectivity index (χ1) is 8.56. The minimum Gasteiger partial charge on any atom is -0.479 e. The van der Waals surface area contributed by atoms with Crippen LogP contribution in [0.1, 0.15) is 24.4 Å². The molecular weight excluding hydrogens is 237 g/mol. The van der Waals surface area contributed by atoms with Crippen molar-refractivity contribution in [1.82, 2.24) is 5.32 Å². The summed E-state index contributed by atoms with van der Waals surface area (Å²) in [6, 6.07) is 4.09. The van der Waals surface area contributed by atoms with Crippen molar-refractivity contribution in [2.75, 3.05) is 0 Å². The van der Waals surface area contributed by atoms with Crippen molar-refractivity contribution in [2.24, 2.45) is 0 Å². The molecule has 1 aromatic rings. The number of hydrogen-bond acceptors (Lipinski definition) is 2. The van der Waals surface area contributed by atoms with Crippen LogP contribution in [0.3, 0.4) is 0 Å². The van der Waals surface area contributed by atoms with Crippen LogP contribution in [0.5, 0.6) is 0 Å². The quantitative estimate of drug-likeness (QED) is 0.760.